The second-order valence-corrected chi connectivity index (χ2v) is 4.03. The van der Waals surface area contributed by atoms with Crippen LogP contribution in [0, 0.1) is 12.3 Å². The number of aliphatic hydroxyl groups excluding tert-OH is 1. The summed E-state index contributed by atoms with van der Waals surface area (Å²) in [6.45, 7) is 4.33. The molecule has 2 rings (SSSR count). The lowest BCUT2D eigenvalue weighted by Crippen LogP contribution is -2.23. The van der Waals surface area contributed by atoms with Crippen LogP contribution in [0.3, 0.4) is 0 Å². The molecule has 0 spiro atoms. The van der Waals surface area contributed by atoms with E-state index in [2.05, 4.69) is 37.3 Å². The highest BCUT2D eigenvalue weighted by Crippen LogP contribution is 2.21. The van der Waals surface area contributed by atoms with Crippen LogP contribution in [0.2, 0.25) is 0 Å². The van der Waals surface area contributed by atoms with Crippen molar-refractivity contribution < 1.29 is 5.11 Å². The molecule has 0 bridgehead atoms. The van der Waals surface area contributed by atoms with E-state index in [1.165, 1.54) is 16.0 Å². The van der Waals surface area contributed by atoms with E-state index in [-0.39, 0.29) is 12.0 Å². The molecule has 0 saturated carbocycles. The van der Waals surface area contributed by atoms with Crippen molar-refractivity contribution >= 4 is 12.2 Å². The van der Waals surface area contributed by atoms with Gasteiger partial charge in [-0.1, -0.05) is 37.3 Å². The Morgan fingerprint density at radius 2 is 2.08 bits per heavy atom. The van der Waals surface area contributed by atoms with Crippen molar-refractivity contribution in [2.45, 2.75) is 13.8 Å². The Kier molecular flexibility index (Phi) is 1.77. The molecule has 0 saturated heterocycles. The highest BCUT2D eigenvalue weighted by molar-refractivity contribution is 5.57. The van der Waals surface area contributed by atoms with Gasteiger partial charge in [0.15, 0.2) is 0 Å². The summed E-state index contributed by atoms with van der Waals surface area (Å²) < 4.78 is 0. The summed E-state index contributed by atoms with van der Waals surface area (Å²) in [5.41, 5.74) is 1.12. The minimum Gasteiger partial charge on any atom is -0.395 e. The van der Waals surface area contributed by atoms with Crippen molar-refractivity contribution in [3.8, 4) is 0 Å². The highest BCUT2D eigenvalue weighted by atomic mass is 16.3. The molecule has 0 heterocycles. The van der Waals surface area contributed by atoms with Gasteiger partial charge in [0, 0.05) is 5.41 Å². The van der Waals surface area contributed by atoms with Crippen LogP contribution in [0.25, 0.3) is 12.2 Å². The number of hydrogen-bond donors (Lipinski definition) is 1. The molecule has 0 fully saturated rings. The van der Waals surface area contributed by atoms with E-state index in [0.717, 1.165) is 0 Å². The van der Waals surface area contributed by atoms with Crippen LogP contribution < -0.4 is 10.4 Å². The zero-order valence-corrected chi connectivity index (χ0v) is 8.04. The molecule has 68 valence electrons. The fourth-order valence-electron chi connectivity index (χ4n) is 1.84. The number of fused-ring (bicyclic) bond motifs is 1. The van der Waals surface area contributed by atoms with E-state index >= 15 is 0 Å². The Balaban J connectivity index is 2.74. The lowest BCUT2D eigenvalue weighted by Gasteiger charge is -2.14. The molecule has 1 aromatic rings. The summed E-state index contributed by atoms with van der Waals surface area (Å²) in [6.07, 6.45) is 4.28. The molecule has 0 aliphatic heterocycles. The monoisotopic (exact) mass is 174 g/mol. The molecule has 0 aromatic heterocycles. The fraction of sp³-hybridized carbons (Fsp3) is 0.333. The summed E-state index contributed by atoms with van der Waals surface area (Å²) in [7, 11) is 0. The number of benzene rings is 1. The van der Waals surface area contributed by atoms with Gasteiger partial charge in [-0.15, -0.1) is 0 Å². The zero-order valence-electron chi connectivity index (χ0n) is 8.04. The molecule has 1 heteroatoms. The van der Waals surface area contributed by atoms with E-state index in [9.17, 15) is 5.11 Å². The second-order valence-electron chi connectivity index (χ2n) is 4.03. The third kappa shape index (κ3) is 1.29. The molecule has 1 aromatic carbocycles. The first kappa shape index (κ1) is 8.52. The summed E-state index contributed by atoms with van der Waals surface area (Å²) in [5, 5.41) is 11.7. The Morgan fingerprint density at radius 1 is 1.31 bits per heavy atom. The van der Waals surface area contributed by atoms with Gasteiger partial charge in [0.05, 0.1) is 6.61 Å². The SMILES string of the molecule is Cc1cccc2c1=CC(C)(CO)C=2. The number of hydrogen-bond acceptors (Lipinski definition) is 1. The van der Waals surface area contributed by atoms with Gasteiger partial charge >= 0.3 is 0 Å². The topological polar surface area (TPSA) is 20.2 Å². The first-order chi connectivity index (χ1) is 6.14. The molecule has 1 N–H and O–H groups in total. The van der Waals surface area contributed by atoms with Gasteiger partial charge in [-0.25, -0.2) is 0 Å². The lowest BCUT2D eigenvalue weighted by atomic mass is 9.94. The largest absolute Gasteiger partial charge is 0.395 e. The first-order valence-electron chi connectivity index (χ1n) is 4.57. The van der Waals surface area contributed by atoms with Gasteiger partial charge in [-0.3, -0.25) is 0 Å². The number of aryl methyl sites for hydroxylation is 1. The lowest BCUT2D eigenvalue weighted by molar-refractivity contribution is 0.239. The predicted molar refractivity (Wildman–Crippen MR) is 54.6 cm³/mol. The van der Waals surface area contributed by atoms with Gasteiger partial charge in [0.1, 0.15) is 0 Å². The van der Waals surface area contributed by atoms with E-state index in [1.807, 2.05) is 6.92 Å². The average molecular weight is 174 g/mol. The van der Waals surface area contributed by atoms with Gasteiger partial charge in [-0.05, 0) is 22.9 Å². The minimum absolute atomic E-state index is 0.158. The Labute approximate surface area is 78.0 Å². The molecule has 1 atom stereocenters. The van der Waals surface area contributed by atoms with E-state index in [1.54, 1.807) is 0 Å². The van der Waals surface area contributed by atoms with Crippen molar-refractivity contribution in [3.05, 3.63) is 34.2 Å². The van der Waals surface area contributed by atoms with Crippen LogP contribution in [0.15, 0.2) is 18.2 Å². The molecular weight excluding hydrogens is 160 g/mol. The standard InChI is InChI=1S/C12H14O/c1-9-4-3-5-10-6-12(2,8-13)7-11(9)10/h3-7,13H,8H2,1-2H3. The minimum atomic E-state index is -0.158. The Hall–Kier alpha value is -1.08. The smallest absolute Gasteiger partial charge is 0.0554 e. The highest BCUT2D eigenvalue weighted by Gasteiger charge is 2.20. The van der Waals surface area contributed by atoms with E-state index < -0.39 is 0 Å². The third-order valence-electron chi connectivity index (χ3n) is 2.66. The summed E-state index contributed by atoms with van der Waals surface area (Å²) in [6, 6.07) is 6.26. The second kappa shape index (κ2) is 2.71. The fourth-order valence-corrected chi connectivity index (χ4v) is 1.84. The molecule has 1 aliphatic rings. The van der Waals surface area contributed by atoms with E-state index in [4.69, 9.17) is 0 Å². The summed E-state index contributed by atoms with van der Waals surface area (Å²) >= 11 is 0. The molecule has 1 nitrogen and oxygen atoms in total. The van der Waals surface area contributed by atoms with E-state index in [0.29, 0.717) is 0 Å². The van der Waals surface area contributed by atoms with Gasteiger partial charge in [-0.2, -0.15) is 0 Å². The normalized spacial score (nSPS) is 24.8. The van der Waals surface area contributed by atoms with Crippen LogP contribution in [0.1, 0.15) is 12.5 Å². The quantitative estimate of drug-likeness (QED) is 0.660. The average Bonchev–Trinajstić information content (AvgIpc) is 2.45. The Bertz CT molecular complexity index is 445. The molecule has 13 heavy (non-hydrogen) atoms. The van der Waals surface area contributed by atoms with Crippen molar-refractivity contribution in [3.63, 3.8) is 0 Å². The molecule has 0 radical (unpaired) electrons. The Morgan fingerprint density at radius 3 is 2.69 bits per heavy atom. The van der Waals surface area contributed by atoms with Crippen LogP contribution in [-0.4, -0.2) is 11.7 Å². The van der Waals surface area contributed by atoms with Gasteiger partial charge in [0.2, 0.25) is 0 Å². The molecule has 1 aliphatic carbocycles. The van der Waals surface area contributed by atoms with Crippen molar-refractivity contribution in [2.24, 2.45) is 5.41 Å². The van der Waals surface area contributed by atoms with Crippen molar-refractivity contribution in [2.75, 3.05) is 6.61 Å². The zero-order chi connectivity index (χ0) is 9.47. The predicted octanol–water partition coefficient (Wildman–Crippen LogP) is 0.568. The number of rotatable bonds is 1. The van der Waals surface area contributed by atoms with Crippen LogP contribution >= 0.6 is 0 Å². The summed E-state index contributed by atoms with van der Waals surface area (Å²) in [4.78, 5) is 0. The molecule has 0 amide bonds. The first-order valence-corrected chi connectivity index (χ1v) is 4.57. The maximum atomic E-state index is 9.23. The van der Waals surface area contributed by atoms with Crippen molar-refractivity contribution in [1.29, 1.82) is 0 Å². The summed E-state index contributed by atoms with van der Waals surface area (Å²) in [5.74, 6) is 0. The number of aliphatic hydroxyl groups is 1. The third-order valence-corrected chi connectivity index (χ3v) is 2.66. The van der Waals surface area contributed by atoms with Crippen LogP contribution in [-0.2, 0) is 0 Å². The maximum Gasteiger partial charge on any atom is 0.0554 e. The van der Waals surface area contributed by atoms with Gasteiger partial charge < -0.3 is 5.11 Å². The van der Waals surface area contributed by atoms with Crippen LogP contribution in [0.5, 0.6) is 0 Å². The van der Waals surface area contributed by atoms with Crippen LogP contribution in [0.4, 0.5) is 0 Å². The van der Waals surface area contributed by atoms with Gasteiger partial charge in [0.25, 0.3) is 0 Å². The van der Waals surface area contributed by atoms with Crippen molar-refractivity contribution in [1.82, 2.24) is 0 Å². The molecule has 1 unspecified atom stereocenters. The maximum absolute atomic E-state index is 9.23. The molecular formula is C12H14O.